The number of hydrogen-bond donors (Lipinski definition) is 1. The van der Waals surface area contributed by atoms with Crippen LogP contribution in [0.2, 0.25) is 0 Å². The van der Waals surface area contributed by atoms with E-state index >= 15 is 0 Å². The molecule has 0 fully saturated rings. The van der Waals surface area contributed by atoms with Crippen LogP contribution in [0.3, 0.4) is 0 Å². The van der Waals surface area contributed by atoms with Crippen LogP contribution in [0, 0.1) is 0 Å². The van der Waals surface area contributed by atoms with Crippen molar-refractivity contribution in [2.24, 2.45) is 7.05 Å². The Morgan fingerprint density at radius 2 is 1.90 bits per heavy atom. The lowest BCUT2D eigenvalue weighted by Gasteiger charge is -2.20. The minimum absolute atomic E-state index is 0.400. The molecule has 0 aliphatic carbocycles. The molecule has 2 aromatic rings. The molecule has 1 N–H and O–H groups in total. The molecule has 4 nitrogen and oxygen atoms in total. The number of nitrogens with zero attached hydrogens (tertiary/aromatic N) is 2. The fourth-order valence-electron chi connectivity index (χ4n) is 3.11. The van der Waals surface area contributed by atoms with Crippen LogP contribution in [0.1, 0.15) is 27.3 Å². The molecular formula is C17H20N2O2. The molecule has 0 saturated heterocycles. The summed E-state index contributed by atoms with van der Waals surface area (Å²) in [5.74, 6) is -0.841. The number of carboxylic acids is 1. The van der Waals surface area contributed by atoms with Crippen molar-refractivity contribution in [3.8, 4) is 0 Å². The molecule has 0 atom stereocenters. The van der Waals surface area contributed by atoms with E-state index in [1.165, 1.54) is 16.8 Å². The van der Waals surface area contributed by atoms with Gasteiger partial charge in [0.25, 0.3) is 0 Å². The third kappa shape index (κ3) is 2.85. The van der Waals surface area contributed by atoms with Crippen molar-refractivity contribution >= 4 is 5.97 Å². The van der Waals surface area contributed by atoms with Gasteiger partial charge in [-0.15, -0.1) is 0 Å². The van der Waals surface area contributed by atoms with Crippen molar-refractivity contribution in [2.75, 3.05) is 13.1 Å². The molecule has 4 heteroatoms. The summed E-state index contributed by atoms with van der Waals surface area (Å²) in [6, 6.07) is 12.3. The summed E-state index contributed by atoms with van der Waals surface area (Å²) in [5, 5.41) is 9.20. The molecule has 110 valence electrons. The van der Waals surface area contributed by atoms with E-state index in [2.05, 4.69) is 29.2 Å². The fourth-order valence-corrected chi connectivity index (χ4v) is 3.11. The lowest BCUT2D eigenvalue weighted by molar-refractivity contribution is 0.0686. The molecule has 1 aromatic carbocycles. The minimum atomic E-state index is -0.841. The van der Waals surface area contributed by atoms with E-state index in [4.69, 9.17) is 0 Å². The number of rotatable bonds is 3. The lowest BCUT2D eigenvalue weighted by Crippen LogP contribution is -2.26. The molecule has 0 bridgehead atoms. The highest BCUT2D eigenvalue weighted by atomic mass is 16.4. The van der Waals surface area contributed by atoms with Crippen molar-refractivity contribution in [3.05, 3.63) is 58.9 Å². The SMILES string of the molecule is Cn1c(C(=O)O)cc2c1CCN(Cc1ccccc1)CC2. The zero-order valence-electron chi connectivity index (χ0n) is 12.2. The van der Waals surface area contributed by atoms with E-state index in [1.54, 1.807) is 0 Å². The Bertz CT molecular complexity index is 646. The Hall–Kier alpha value is -2.07. The van der Waals surface area contributed by atoms with Crippen LogP contribution in [0.4, 0.5) is 0 Å². The van der Waals surface area contributed by atoms with Crippen molar-refractivity contribution in [1.29, 1.82) is 0 Å². The van der Waals surface area contributed by atoms with E-state index in [-0.39, 0.29) is 0 Å². The molecule has 1 aliphatic rings. The van der Waals surface area contributed by atoms with E-state index in [0.717, 1.165) is 32.5 Å². The summed E-state index contributed by atoms with van der Waals surface area (Å²) in [6.07, 6.45) is 1.83. The molecule has 0 radical (unpaired) electrons. The average molecular weight is 284 g/mol. The molecule has 2 heterocycles. The van der Waals surface area contributed by atoms with E-state index in [9.17, 15) is 9.90 Å². The molecular weight excluding hydrogens is 264 g/mol. The molecule has 0 spiro atoms. The third-order valence-corrected chi connectivity index (χ3v) is 4.28. The standard InChI is InChI=1S/C17H20N2O2/c1-18-15-8-10-19(12-13-5-3-2-4-6-13)9-7-14(15)11-16(18)17(20)21/h2-6,11H,7-10,12H2,1H3,(H,20,21). The van der Waals surface area contributed by atoms with Crippen molar-refractivity contribution in [2.45, 2.75) is 19.4 Å². The van der Waals surface area contributed by atoms with Crippen LogP contribution in [-0.4, -0.2) is 33.6 Å². The monoisotopic (exact) mass is 284 g/mol. The Balaban J connectivity index is 1.73. The summed E-state index contributed by atoms with van der Waals surface area (Å²) < 4.78 is 1.84. The highest BCUT2D eigenvalue weighted by Crippen LogP contribution is 2.21. The maximum atomic E-state index is 11.2. The number of carbonyl (C=O) groups is 1. The predicted molar refractivity (Wildman–Crippen MR) is 81.5 cm³/mol. The molecule has 21 heavy (non-hydrogen) atoms. The number of aromatic carboxylic acids is 1. The highest BCUT2D eigenvalue weighted by molar-refractivity contribution is 5.86. The number of aromatic nitrogens is 1. The normalized spacial score (nSPS) is 15.5. The maximum Gasteiger partial charge on any atom is 0.352 e. The van der Waals surface area contributed by atoms with Gasteiger partial charge in [-0.05, 0) is 23.6 Å². The molecule has 0 unspecified atom stereocenters. The Kier molecular flexibility index (Phi) is 3.80. The number of benzene rings is 1. The van der Waals surface area contributed by atoms with Gasteiger partial charge in [0.15, 0.2) is 0 Å². The predicted octanol–water partition coefficient (Wildman–Crippen LogP) is 2.32. The van der Waals surface area contributed by atoms with E-state index in [0.29, 0.717) is 5.69 Å². The summed E-state index contributed by atoms with van der Waals surface area (Å²) in [7, 11) is 1.86. The molecule has 3 rings (SSSR count). The maximum absolute atomic E-state index is 11.2. The van der Waals surface area contributed by atoms with E-state index < -0.39 is 5.97 Å². The summed E-state index contributed by atoms with van der Waals surface area (Å²) in [4.78, 5) is 13.6. The largest absolute Gasteiger partial charge is 0.477 e. The second-order valence-corrected chi connectivity index (χ2v) is 5.63. The number of hydrogen-bond acceptors (Lipinski definition) is 2. The fraction of sp³-hybridized carbons (Fsp3) is 0.353. The van der Waals surface area contributed by atoms with Gasteiger partial charge in [-0.3, -0.25) is 4.90 Å². The quantitative estimate of drug-likeness (QED) is 0.941. The van der Waals surface area contributed by atoms with Crippen molar-refractivity contribution in [1.82, 2.24) is 9.47 Å². The van der Waals surface area contributed by atoms with Crippen LogP contribution in [0.5, 0.6) is 0 Å². The Morgan fingerprint density at radius 3 is 2.62 bits per heavy atom. The van der Waals surface area contributed by atoms with Crippen LogP contribution in [0.25, 0.3) is 0 Å². The summed E-state index contributed by atoms with van der Waals surface area (Å²) in [5.41, 5.74) is 4.08. The zero-order chi connectivity index (χ0) is 14.8. The zero-order valence-corrected chi connectivity index (χ0v) is 12.2. The number of carboxylic acid groups (broad SMARTS) is 1. The van der Waals surface area contributed by atoms with Gasteiger partial charge in [-0.1, -0.05) is 30.3 Å². The molecule has 1 aromatic heterocycles. The minimum Gasteiger partial charge on any atom is -0.477 e. The van der Waals surface area contributed by atoms with Gasteiger partial charge in [0.1, 0.15) is 5.69 Å². The van der Waals surface area contributed by atoms with Crippen molar-refractivity contribution < 1.29 is 9.90 Å². The highest BCUT2D eigenvalue weighted by Gasteiger charge is 2.21. The van der Waals surface area contributed by atoms with Gasteiger partial charge in [-0.2, -0.15) is 0 Å². The Labute approximate surface area is 124 Å². The number of fused-ring (bicyclic) bond motifs is 1. The van der Waals surface area contributed by atoms with Gasteiger partial charge >= 0.3 is 5.97 Å². The van der Waals surface area contributed by atoms with Gasteiger partial charge < -0.3 is 9.67 Å². The smallest absolute Gasteiger partial charge is 0.352 e. The molecule has 0 amide bonds. The van der Waals surface area contributed by atoms with E-state index in [1.807, 2.05) is 23.7 Å². The van der Waals surface area contributed by atoms with Gasteiger partial charge in [0, 0.05) is 38.8 Å². The van der Waals surface area contributed by atoms with Gasteiger partial charge in [0.05, 0.1) is 0 Å². The van der Waals surface area contributed by atoms with Crippen LogP contribution < -0.4 is 0 Å². The summed E-state index contributed by atoms with van der Waals surface area (Å²) in [6.45, 7) is 2.91. The Morgan fingerprint density at radius 1 is 1.19 bits per heavy atom. The first-order valence-corrected chi connectivity index (χ1v) is 7.32. The molecule has 1 aliphatic heterocycles. The first-order valence-electron chi connectivity index (χ1n) is 7.32. The first kappa shape index (κ1) is 13.9. The third-order valence-electron chi connectivity index (χ3n) is 4.28. The van der Waals surface area contributed by atoms with Crippen LogP contribution >= 0.6 is 0 Å². The topological polar surface area (TPSA) is 45.5 Å². The lowest BCUT2D eigenvalue weighted by atomic mass is 10.1. The molecule has 0 saturated carbocycles. The van der Waals surface area contributed by atoms with Gasteiger partial charge in [0.2, 0.25) is 0 Å². The van der Waals surface area contributed by atoms with Crippen molar-refractivity contribution in [3.63, 3.8) is 0 Å². The van der Waals surface area contributed by atoms with Gasteiger partial charge in [-0.25, -0.2) is 4.79 Å². The average Bonchev–Trinajstić information content (AvgIpc) is 2.66. The first-order chi connectivity index (χ1) is 10.1. The van der Waals surface area contributed by atoms with Crippen LogP contribution in [0.15, 0.2) is 36.4 Å². The van der Waals surface area contributed by atoms with Crippen LogP contribution in [-0.2, 0) is 26.4 Å². The second-order valence-electron chi connectivity index (χ2n) is 5.63. The second kappa shape index (κ2) is 5.74. The summed E-state index contributed by atoms with van der Waals surface area (Å²) >= 11 is 0.